The van der Waals surface area contributed by atoms with Gasteiger partial charge >= 0.3 is 0 Å². The molecule has 0 radical (unpaired) electrons. The monoisotopic (exact) mass is 302 g/mol. The fraction of sp³-hybridized carbons (Fsp3) is 0.400. The second-order valence-corrected chi connectivity index (χ2v) is 5.95. The number of carbonyl (C=O) groups excluding carboxylic acids is 2. The van der Waals surface area contributed by atoms with E-state index in [9.17, 15) is 9.59 Å². The predicted octanol–water partition coefficient (Wildman–Crippen LogP) is 1.52. The van der Waals surface area contributed by atoms with Crippen LogP contribution in [0.5, 0.6) is 0 Å². The fourth-order valence-electron chi connectivity index (χ4n) is 1.20. The van der Waals surface area contributed by atoms with Crippen LogP contribution in [0.1, 0.15) is 23.2 Å². The highest BCUT2D eigenvalue weighted by atomic mass is 79.9. The first-order chi connectivity index (χ1) is 7.65. The average molecular weight is 303 g/mol. The summed E-state index contributed by atoms with van der Waals surface area (Å²) in [5.41, 5.74) is 0.580. The molecule has 1 saturated carbocycles. The Morgan fingerprint density at radius 2 is 2.25 bits per heavy atom. The van der Waals surface area contributed by atoms with Crippen molar-refractivity contribution in [1.82, 2.24) is 10.6 Å². The van der Waals surface area contributed by atoms with Crippen molar-refractivity contribution < 1.29 is 9.59 Å². The van der Waals surface area contributed by atoms with E-state index in [1.165, 1.54) is 11.3 Å². The largest absolute Gasteiger partial charge is 0.352 e. The molecule has 2 N–H and O–H groups in total. The number of nitrogens with one attached hydrogen (secondary N) is 2. The minimum atomic E-state index is -0.215. The van der Waals surface area contributed by atoms with E-state index in [-0.39, 0.29) is 18.4 Å². The Morgan fingerprint density at radius 1 is 1.50 bits per heavy atom. The minimum Gasteiger partial charge on any atom is -0.352 e. The summed E-state index contributed by atoms with van der Waals surface area (Å²) in [5, 5.41) is 7.13. The predicted molar refractivity (Wildman–Crippen MR) is 65.5 cm³/mol. The average Bonchev–Trinajstić information content (AvgIpc) is 2.95. The first-order valence-electron chi connectivity index (χ1n) is 4.97. The number of halogens is 1. The summed E-state index contributed by atoms with van der Waals surface area (Å²) >= 11 is 4.72. The third-order valence-electron chi connectivity index (χ3n) is 2.18. The van der Waals surface area contributed by atoms with Gasteiger partial charge in [0.15, 0.2) is 0 Å². The number of amides is 2. The Morgan fingerprint density at radius 3 is 2.81 bits per heavy atom. The van der Waals surface area contributed by atoms with Gasteiger partial charge in [-0.2, -0.15) is 0 Å². The van der Waals surface area contributed by atoms with E-state index in [2.05, 4.69) is 26.6 Å². The van der Waals surface area contributed by atoms with Gasteiger partial charge in [0.2, 0.25) is 5.91 Å². The van der Waals surface area contributed by atoms with E-state index in [1.54, 1.807) is 11.4 Å². The van der Waals surface area contributed by atoms with E-state index in [1.807, 2.05) is 0 Å². The van der Waals surface area contributed by atoms with Crippen LogP contribution in [0.2, 0.25) is 0 Å². The van der Waals surface area contributed by atoms with Crippen LogP contribution < -0.4 is 10.6 Å². The molecule has 1 aromatic heterocycles. The zero-order chi connectivity index (χ0) is 11.5. The van der Waals surface area contributed by atoms with Crippen LogP contribution in [0.4, 0.5) is 0 Å². The Balaban J connectivity index is 1.76. The van der Waals surface area contributed by atoms with Crippen LogP contribution in [0, 0.1) is 0 Å². The van der Waals surface area contributed by atoms with Gasteiger partial charge in [-0.25, -0.2) is 0 Å². The molecule has 0 aromatic carbocycles. The second-order valence-electron chi connectivity index (χ2n) is 3.66. The van der Waals surface area contributed by atoms with Crippen molar-refractivity contribution in [3.05, 3.63) is 20.8 Å². The normalized spacial score (nSPS) is 14.6. The highest BCUT2D eigenvalue weighted by Crippen LogP contribution is 2.20. The Hall–Kier alpha value is -0.880. The summed E-state index contributed by atoms with van der Waals surface area (Å²) in [4.78, 5) is 22.9. The molecule has 86 valence electrons. The molecule has 1 fully saturated rings. The van der Waals surface area contributed by atoms with Crippen LogP contribution in [0.25, 0.3) is 0 Å². The standard InChI is InChI=1S/C10H11BrN2O2S/c11-8-3-6(5-16-8)10(15)12-4-9(14)13-7-1-2-7/h3,5,7H,1-2,4H2,(H,12,15)(H,13,14). The molecule has 0 atom stereocenters. The number of carbonyl (C=O) groups is 2. The SMILES string of the molecule is O=C(CNC(=O)c1csc(Br)c1)NC1CC1. The van der Waals surface area contributed by atoms with Crippen molar-refractivity contribution in [3.8, 4) is 0 Å². The van der Waals surface area contributed by atoms with Gasteiger partial charge in [-0.1, -0.05) is 0 Å². The first kappa shape index (κ1) is 11.6. The summed E-state index contributed by atoms with van der Waals surface area (Å²) in [7, 11) is 0. The van der Waals surface area contributed by atoms with Crippen LogP contribution in [-0.2, 0) is 4.79 Å². The van der Waals surface area contributed by atoms with Crippen LogP contribution >= 0.6 is 27.3 Å². The number of thiophene rings is 1. The van der Waals surface area contributed by atoms with E-state index >= 15 is 0 Å². The molecule has 4 nitrogen and oxygen atoms in total. The lowest BCUT2D eigenvalue weighted by atomic mass is 10.3. The summed E-state index contributed by atoms with van der Waals surface area (Å²) in [6.45, 7) is 0.0444. The summed E-state index contributed by atoms with van der Waals surface area (Å²) in [6.07, 6.45) is 2.11. The molecule has 0 spiro atoms. The van der Waals surface area contributed by atoms with Crippen molar-refractivity contribution >= 4 is 39.1 Å². The molecule has 0 saturated heterocycles. The van der Waals surface area contributed by atoms with Gasteiger partial charge in [-0.15, -0.1) is 11.3 Å². The highest BCUT2D eigenvalue weighted by Gasteiger charge is 2.23. The maximum absolute atomic E-state index is 11.6. The molecule has 2 amide bonds. The van der Waals surface area contributed by atoms with Crippen molar-refractivity contribution in [2.75, 3.05) is 6.54 Å². The van der Waals surface area contributed by atoms with E-state index in [0.29, 0.717) is 11.6 Å². The van der Waals surface area contributed by atoms with Crippen molar-refractivity contribution in [3.63, 3.8) is 0 Å². The van der Waals surface area contributed by atoms with E-state index in [4.69, 9.17) is 0 Å². The fourth-order valence-corrected chi connectivity index (χ4v) is 2.33. The lowest BCUT2D eigenvalue weighted by molar-refractivity contribution is -0.120. The maximum atomic E-state index is 11.6. The molecule has 0 bridgehead atoms. The Bertz CT molecular complexity index is 415. The molecule has 1 aliphatic rings. The zero-order valence-corrected chi connectivity index (χ0v) is 10.9. The van der Waals surface area contributed by atoms with Crippen LogP contribution in [-0.4, -0.2) is 24.4 Å². The molecule has 1 aliphatic carbocycles. The van der Waals surface area contributed by atoms with Gasteiger partial charge < -0.3 is 10.6 Å². The number of hydrogen-bond donors (Lipinski definition) is 2. The van der Waals surface area contributed by atoms with Crippen LogP contribution in [0.3, 0.4) is 0 Å². The van der Waals surface area contributed by atoms with Gasteiger partial charge in [-0.05, 0) is 34.8 Å². The van der Waals surface area contributed by atoms with Gasteiger partial charge in [0, 0.05) is 11.4 Å². The zero-order valence-electron chi connectivity index (χ0n) is 8.46. The first-order valence-corrected chi connectivity index (χ1v) is 6.64. The van der Waals surface area contributed by atoms with Gasteiger partial charge in [-0.3, -0.25) is 9.59 Å². The molecule has 2 rings (SSSR count). The topological polar surface area (TPSA) is 58.2 Å². The molecule has 1 heterocycles. The van der Waals surface area contributed by atoms with Crippen molar-refractivity contribution in [1.29, 1.82) is 0 Å². The highest BCUT2D eigenvalue weighted by molar-refractivity contribution is 9.11. The smallest absolute Gasteiger partial charge is 0.252 e. The van der Waals surface area contributed by atoms with Gasteiger partial charge in [0.05, 0.1) is 15.9 Å². The second kappa shape index (κ2) is 4.97. The molecule has 0 aliphatic heterocycles. The lowest BCUT2D eigenvalue weighted by Gasteiger charge is -2.04. The minimum absolute atomic E-state index is 0.0444. The third kappa shape index (κ3) is 3.31. The molecular weight excluding hydrogens is 292 g/mol. The number of hydrogen-bond acceptors (Lipinski definition) is 3. The Labute approximate surface area is 106 Å². The van der Waals surface area contributed by atoms with Gasteiger partial charge in [0.1, 0.15) is 0 Å². The number of rotatable bonds is 4. The van der Waals surface area contributed by atoms with Crippen molar-refractivity contribution in [2.45, 2.75) is 18.9 Å². The van der Waals surface area contributed by atoms with Gasteiger partial charge in [0.25, 0.3) is 5.91 Å². The Kier molecular flexibility index (Phi) is 3.60. The summed E-state index contributed by atoms with van der Waals surface area (Å²) < 4.78 is 0.903. The van der Waals surface area contributed by atoms with E-state index < -0.39 is 0 Å². The third-order valence-corrected chi connectivity index (χ3v) is 3.69. The molecule has 1 aromatic rings. The quantitative estimate of drug-likeness (QED) is 0.886. The van der Waals surface area contributed by atoms with E-state index in [0.717, 1.165) is 16.6 Å². The van der Waals surface area contributed by atoms with Crippen LogP contribution in [0.15, 0.2) is 15.2 Å². The summed E-state index contributed by atoms with van der Waals surface area (Å²) in [6, 6.07) is 2.07. The molecular formula is C10H11BrN2O2S. The molecule has 0 unspecified atom stereocenters. The lowest BCUT2D eigenvalue weighted by Crippen LogP contribution is -2.37. The maximum Gasteiger partial charge on any atom is 0.252 e. The molecule has 16 heavy (non-hydrogen) atoms. The van der Waals surface area contributed by atoms with Crippen molar-refractivity contribution in [2.24, 2.45) is 0 Å². The summed E-state index contributed by atoms with van der Waals surface area (Å²) in [5.74, 6) is -0.335. The molecule has 6 heteroatoms.